The van der Waals surface area contributed by atoms with Gasteiger partial charge in [0.2, 0.25) is 0 Å². The van der Waals surface area contributed by atoms with Crippen LogP contribution in [0.15, 0.2) is 42.6 Å². The molecule has 0 unspecified atom stereocenters. The number of pyridine rings is 1. The molecule has 1 aromatic heterocycles. The maximum Gasteiger partial charge on any atom is 0.416 e. The molecule has 0 radical (unpaired) electrons. The molecule has 2 N–H and O–H groups in total. The van der Waals surface area contributed by atoms with Gasteiger partial charge in [-0.15, -0.1) is 0 Å². The van der Waals surface area contributed by atoms with E-state index in [1.807, 2.05) is 23.1 Å². The molecule has 0 bridgehead atoms. The molecule has 2 rings (SSSR count). The Bertz CT molecular complexity index is 597. The van der Waals surface area contributed by atoms with Crippen molar-refractivity contribution in [1.29, 1.82) is 0 Å². The number of nitrogens with zero attached hydrogens (tertiary/aromatic N) is 2. The first-order valence-electron chi connectivity index (χ1n) is 6.43. The molecule has 1 heterocycles. The van der Waals surface area contributed by atoms with Crippen LogP contribution < -0.4 is 10.6 Å². The molecule has 0 spiro atoms. The molecule has 112 valence electrons. The van der Waals surface area contributed by atoms with Crippen molar-refractivity contribution in [3.63, 3.8) is 0 Å². The van der Waals surface area contributed by atoms with Gasteiger partial charge in [-0.25, -0.2) is 0 Å². The van der Waals surface area contributed by atoms with Crippen LogP contribution in [0.5, 0.6) is 0 Å². The third kappa shape index (κ3) is 3.72. The Morgan fingerprint density at radius 3 is 2.52 bits per heavy atom. The topological polar surface area (TPSA) is 42.2 Å². The van der Waals surface area contributed by atoms with Crippen molar-refractivity contribution in [1.82, 2.24) is 4.98 Å². The van der Waals surface area contributed by atoms with Gasteiger partial charge >= 0.3 is 6.18 Å². The summed E-state index contributed by atoms with van der Waals surface area (Å²) in [6.07, 6.45) is -2.68. The van der Waals surface area contributed by atoms with Gasteiger partial charge < -0.3 is 10.6 Å². The molecule has 0 amide bonds. The van der Waals surface area contributed by atoms with Crippen molar-refractivity contribution in [3.05, 3.63) is 59.4 Å². The highest BCUT2D eigenvalue weighted by Gasteiger charge is 2.31. The van der Waals surface area contributed by atoms with E-state index in [0.717, 1.165) is 17.8 Å². The Morgan fingerprint density at radius 1 is 1.19 bits per heavy atom. The van der Waals surface area contributed by atoms with Crippen molar-refractivity contribution in [2.45, 2.75) is 19.3 Å². The zero-order chi connectivity index (χ0) is 15.5. The minimum absolute atomic E-state index is 0.0474. The number of benzene rings is 1. The number of hydrogen-bond donors (Lipinski definition) is 1. The average Bonchev–Trinajstić information content (AvgIpc) is 2.46. The molecule has 0 aliphatic heterocycles. The van der Waals surface area contributed by atoms with E-state index in [2.05, 4.69) is 4.98 Å². The van der Waals surface area contributed by atoms with Gasteiger partial charge in [0.15, 0.2) is 0 Å². The Labute approximate surface area is 121 Å². The van der Waals surface area contributed by atoms with Crippen LogP contribution in [0.4, 0.5) is 18.9 Å². The lowest BCUT2D eigenvalue weighted by molar-refractivity contribution is -0.137. The maximum absolute atomic E-state index is 12.7. The SMILES string of the molecule is CN(Cc1ccccn1)c1ccc(C(F)(F)F)cc1CN. The molecule has 6 heteroatoms. The van der Waals surface area contributed by atoms with E-state index in [9.17, 15) is 13.2 Å². The monoisotopic (exact) mass is 295 g/mol. The largest absolute Gasteiger partial charge is 0.416 e. The molecule has 21 heavy (non-hydrogen) atoms. The van der Waals surface area contributed by atoms with Gasteiger partial charge in [0, 0.05) is 25.5 Å². The number of anilines is 1. The molecule has 1 aromatic carbocycles. The second-order valence-electron chi connectivity index (χ2n) is 4.72. The van der Waals surface area contributed by atoms with E-state index in [1.54, 1.807) is 13.2 Å². The summed E-state index contributed by atoms with van der Waals surface area (Å²) in [7, 11) is 1.80. The Kier molecular flexibility index (Phi) is 4.47. The Morgan fingerprint density at radius 2 is 1.95 bits per heavy atom. The molecular formula is C15H16F3N3. The summed E-state index contributed by atoms with van der Waals surface area (Å²) in [6.45, 7) is 0.547. The lowest BCUT2D eigenvalue weighted by atomic mass is 10.1. The van der Waals surface area contributed by atoms with Crippen LogP contribution in [0, 0.1) is 0 Å². The van der Waals surface area contributed by atoms with Crippen molar-refractivity contribution >= 4 is 5.69 Å². The van der Waals surface area contributed by atoms with E-state index in [1.165, 1.54) is 6.07 Å². The Hall–Kier alpha value is -2.08. The highest BCUT2D eigenvalue weighted by atomic mass is 19.4. The van der Waals surface area contributed by atoms with Crippen LogP contribution >= 0.6 is 0 Å². The first-order valence-corrected chi connectivity index (χ1v) is 6.43. The highest BCUT2D eigenvalue weighted by Crippen LogP contribution is 2.32. The average molecular weight is 295 g/mol. The van der Waals surface area contributed by atoms with Crippen LogP contribution in [0.3, 0.4) is 0 Å². The van der Waals surface area contributed by atoms with Crippen LogP contribution in [-0.2, 0) is 19.3 Å². The quantitative estimate of drug-likeness (QED) is 0.942. The van der Waals surface area contributed by atoms with E-state index < -0.39 is 11.7 Å². The van der Waals surface area contributed by atoms with E-state index in [0.29, 0.717) is 17.8 Å². The zero-order valence-electron chi connectivity index (χ0n) is 11.6. The van der Waals surface area contributed by atoms with Gasteiger partial charge in [0.25, 0.3) is 0 Å². The molecule has 0 atom stereocenters. The standard InChI is InChI=1S/C15H16F3N3/c1-21(10-13-4-2-3-7-20-13)14-6-5-12(15(16,17)18)8-11(14)9-19/h2-8H,9-10,19H2,1H3. The van der Waals surface area contributed by atoms with E-state index in [-0.39, 0.29) is 6.54 Å². The van der Waals surface area contributed by atoms with Gasteiger partial charge in [-0.2, -0.15) is 13.2 Å². The third-order valence-corrected chi connectivity index (χ3v) is 3.16. The summed E-state index contributed by atoms with van der Waals surface area (Å²) in [6, 6.07) is 9.17. The summed E-state index contributed by atoms with van der Waals surface area (Å²) in [5.41, 5.74) is 6.88. The minimum Gasteiger partial charge on any atom is -0.368 e. The zero-order valence-corrected chi connectivity index (χ0v) is 11.6. The van der Waals surface area contributed by atoms with Crippen molar-refractivity contribution in [2.24, 2.45) is 5.73 Å². The second-order valence-corrected chi connectivity index (χ2v) is 4.72. The predicted octanol–water partition coefficient (Wildman–Crippen LogP) is 3.20. The first kappa shape index (κ1) is 15.3. The summed E-state index contributed by atoms with van der Waals surface area (Å²) in [4.78, 5) is 6.04. The molecule has 2 aromatic rings. The smallest absolute Gasteiger partial charge is 0.368 e. The minimum atomic E-state index is -4.36. The van der Waals surface area contributed by atoms with Crippen molar-refractivity contribution in [2.75, 3.05) is 11.9 Å². The van der Waals surface area contributed by atoms with Gasteiger partial charge in [-0.3, -0.25) is 4.98 Å². The van der Waals surface area contributed by atoms with Crippen LogP contribution in [-0.4, -0.2) is 12.0 Å². The molecule has 3 nitrogen and oxygen atoms in total. The maximum atomic E-state index is 12.7. The Balaban J connectivity index is 2.27. The molecule has 0 saturated carbocycles. The predicted molar refractivity (Wildman–Crippen MR) is 75.7 cm³/mol. The van der Waals surface area contributed by atoms with Gasteiger partial charge in [0.05, 0.1) is 17.8 Å². The van der Waals surface area contributed by atoms with Crippen LogP contribution in [0.25, 0.3) is 0 Å². The number of alkyl halides is 3. The second kappa shape index (κ2) is 6.13. The van der Waals surface area contributed by atoms with Crippen molar-refractivity contribution < 1.29 is 13.2 Å². The summed E-state index contributed by atoms with van der Waals surface area (Å²) in [5, 5.41) is 0. The molecule has 0 aliphatic carbocycles. The third-order valence-electron chi connectivity index (χ3n) is 3.16. The summed E-state index contributed by atoms with van der Waals surface area (Å²) >= 11 is 0. The summed E-state index contributed by atoms with van der Waals surface area (Å²) < 4.78 is 38.2. The van der Waals surface area contributed by atoms with Gasteiger partial charge in [-0.1, -0.05) is 6.07 Å². The van der Waals surface area contributed by atoms with E-state index >= 15 is 0 Å². The van der Waals surface area contributed by atoms with Gasteiger partial charge in [0.1, 0.15) is 0 Å². The fourth-order valence-electron chi connectivity index (χ4n) is 2.12. The lowest BCUT2D eigenvalue weighted by Crippen LogP contribution is -2.20. The number of aromatic nitrogens is 1. The lowest BCUT2D eigenvalue weighted by Gasteiger charge is -2.23. The fourth-order valence-corrected chi connectivity index (χ4v) is 2.12. The first-order chi connectivity index (χ1) is 9.91. The van der Waals surface area contributed by atoms with Crippen LogP contribution in [0.2, 0.25) is 0 Å². The molecule has 0 saturated heterocycles. The number of nitrogens with two attached hydrogens (primary N) is 1. The van der Waals surface area contributed by atoms with E-state index in [4.69, 9.17) is 5.73 Å². The number of halogens is 3. The summed E-state index contributed by atoms with van der Waals surface area (Å²) in [5.74, 6) is 0. The fraction of sp³-hybridized carbons (Fsp3) is 0.267. The van der Waals surface area contributed by atoms with Gasteiger partial charge in [-0.05, 0) is 35.9 Å². The number of rotatable bonds is 4. The van der Waals surface area contributed by atoms with Crippen LogP contribution in [0.1, 0.15) is 16.8 Å². The highest BCUT2D eigenvalue weighted by molar-refractivity contribution is 5.55. The van der Waals surface area contributed by atoms with Crippen molar-refractivity contribution in [3.8, 4) is 0 Å². The normalized spacial score (nSPS) is 11.5. The molecular weight excluding hydrogens is 279 g/mol. The number of hydrogen-bond acceptors (Lipinski definition) is 3. The molecule has 0 fully saturated rings. The molecule has 0 aliphatic rings.